The Morgan fingerprint density at radius 3 is 2.06 bits per heavy atom. The van der Waals surface area contributed by atoms with Gasteiger partial charge in [-0.05, 0) is 24.3 Å². The molecule has 0 aliphatic rings. The maximum atomic E-state index is 13.5. The van der Waals surface area contributed by atoms with E-state index in [1.807, 2.05) is 6.07 Å². The number of nitrogens with one attached hydrogen (secondary N) is 1. The molecule has 1 nitrogen and oxygen atoms in total. The number of hydrogen-bond acceptors (Lipinski definition) is 1. The lowest BCUT2D eigenvalue weighted by molar-refractivity contribution is 0.589. The van der Waals surface area contributed by atoms with Crippen molar-refractivity contribution in [2.45, 2.75) is 0 Å². The van der Waals surface area contributed by atoms with Gasteiger partial charge in [-0.15, -0.1) is 0 Å². The zero-order chi connectivity index (χ0) is 11.5. The van der Waals surface area contributed by atoms with Crippen LogP contribution in [0.3, 0.4) is 0 Å². The molecule has 0 aliphatic heterocycles. The highest BCUT2D eigenvalue weighted by atomic mass is 79.9. The smallest absolute Gasteiger partial charge is 0.150 e. The van der Waals surface area contributed by atoms with Crippen molar-refractivity contribution in [3.8, 4) is 0 Å². The van der Waals surface area contributed by atoms with E-state index in [-0.39, 0.29) is 5.69 Å². The summed E-state index contributed by atoms with van der Waals surface area (Å²) in [7, 11) is 0. The highest BCUT2D eigenvalue weighted by molar-refractivity contribution is 9.10. The Morgan fingerprint density at radius 2 is 1.50 bits per heavy atom. The first-order valence-electron chi connectivity index (χ1n) is 4.63. The normalized spacial score (nSPS) is 10.2. The number of anilines is 2. The van der Waals surface area contributed by atoms with Gasteiger partial charge < -0.3 is 5.32 Å². The topological polar surface area (TPSA) is 12.0 Å². The molecule has 82 valence electrons. The predicted molar refractivity (Wildman–Crippen MR) is 63.8 cm³/mol. The number of benzene rings is 2. The second kappa shape index (κ2) is 4.61. The molecule has 0 unspecified atom stereocenters. The first-order chi connectivity index (χ1) is 7.66. The second-order valence-electron chi connectivity index (χ2n) is 3.24. The summed E-state index contributed by atoms with van der Waals surface area (Å²) in [5.74, 6) is -1.26. The summed E-state index contributed by atoms with van der Waals surface area (Å²) in [4.78, 5) is 0. The van der Waals surface area contributed by atoms with Gasteiger partial charge in [0.05, 0.1) is 0 Å². The summed E-state index contributed by atoms with van der Waals surface area (Å²) < 4.78 is 27.3. The molecule has 0 atom stereocenters. The largest absolute Gasteiger partial charge is 0.351 e. The van der Waals surface area contributed by atoms with Crippen LogP contribution in [0.25, 0.3) is 0 Å². The molecule has 0 aromatic heterocycles. The van der Waals surface area contributed by atoms with E-state index < -0.39 is 11.6 Å². The minimum atomic E-state index is -0.629. The zero-order valence-corrected chi connectivity index (χ0v) is 9.76. The fraction of sp³-hybridized carbons (Fsp3) is 0. The van der Waals surface area contributed by atoms with Crippen molar-refractivity contribution >= 4 is 27.3 Å². The molecule has 16 heavy (non-hydrogen) atoms. The molecular weight excluding hydrogens is 276 g/mol. The van der Waals surface area contributed by atoms with Gasteiger partial charge in [0.15, 0.2) is 11.6 Å². The van der Waals surface area contributed by atoms with E-state index in [1.54, 1.807) is 24.3 Å². The molecule has 4 heteroatoms. The number of para-hydroxylation sites is 1. The third-order valence-electron chi connectivity index (χ3n) is 2.05. The number of halogens is 3. The molecule has 2 aromatic carbocycles. The van der Waals surface area contributed by atoms with Gasteiger partial charge >= 0.3 is 0 Å². The molecule has 2 rings (SSSR count). The summed E-state index contributed by atoms with van der Waals surface area (Å²) in [6.07, 6.45) is 0. The van der Waals surface area contributed by atoms with Crippen LogP contribution in [0.2, 0.25) is 0 Å². The third kappa shape index (κ3) is 2.39. The molecule has 0 bridgehead atoms. The van der Waals surface area contributed by atoms with Gasteiger partial charge in [-0.1, -0.05) is 34.1 Å². The van der Waals surface area contributed by atoms with Crippen molar-refractivity contribution in [3.63, 3.8) is 0 Å². The van der Waals surface area contributed by atoms with Gasteiger partial charge in [0.25, 0.3) is 0 Å². The first-order valence-corrected chi connectivity index (χ1v) is 5.43. The second-order valence-corrected chi connectivity index (χ2v) is 4.15. The van der Waals surface area contributed by atoms with Gasteiger partial charge in [0.1, 0.15) is 5.69 Å². The van der Waals surface area contributed by atoms with Crippen LogP contribution in [0, 0.1) is 11.6 Å². The Labute approximate surface area is 100 Å². The van der Waals surface area contributed by atoms with Crippen molar-refractivity contribution < 1.29 is 8.78 Å². The van der Waals surface area contributed by atoms with Gasteiger partial charge in [-0.25, -0.2) is 8.78 Å². The lowest BCUT2D eigenvalue weighted by atomic mass is 10.2. The van der Waals surface area contributed by atoms with Crippen LogP contribution in [0.1, 0.15) is 0 Å². The third-order valence-corrected chi connectivity index (χ3v) is 2.51. The van der Waals surface area contributed by atoms with Crippen LogP contribution in [0.15, 0.2) is 46.9 Å². The Bertz CT molecular complexity index is 477. The zero-order valence-electron chi connectivity index (χ0n) is 8.18. The van der Waals surface area contributed by atoms with Crippen LogP contribution in [-0.2, 0) is 0 Å². The molecule has 0 heterocycles. The Hall–Kier alpha value is -1.42. The summed E-state index contributed by atoms with van der Waals surface area (Å²) in [5.41, 5.74) is 0.497. The highest BCUT2D eigenvalue weighted by Crippen LogP contribution is 2.26. The van der Waals surface area contributed by atoms with E-state index in [1.165, 1.54) is 12.1 Å². The molecule has 0 amide bonds. The molecule has 0 aliphatic carbocycles. The monoisotopic (exact) mass is 283 g/mol. The highest BCUT2D eigenvalue weighted by Gasteiger charge is 2.10. The van der Waals surface area contributed by atoms with Crippen molar-refractivity contribution in [2.75, 3.05) is 5.32 Å². The predicted octanol–water partition coefficient (Wildman–Crippen LogP) is 4.47. The van der Waals surface area contributed by atoms with Gasteiger partial charge in [-0.2, -0.15) is 0 Å². The van der Waals surface area contributed by atoms with E-state index in [0.717, 1.165) is 0 Å². The van der Waals surface area contributed by atoms with E-state index in [4.69, 9.17) is 0 Å². The Balaban J connectivity index is 2.35. The van der Waals surface area contributed by atoms with Crippen LogP contribution >= 0.6 is 15.9 Å². The minimum Gasteiger partial charge on any atom is -0.351 e. The maximum absolute atomic E-state index is 13.5. The van der Waals surface area contributed by atoms with Gasteiger partial charge in [-0.3, -0.25) is 0 Å². The molecule has 0 saturated carbocycles. The lowest BCUT2D eigenvalue weighted by Gasteiger charge is -2.08. The Kier molecular flexibility index (Phi) is 3.19. The molecule has 2 aromatic rings. The molecule has 0 radical (unpaired) electrons. The fourth-order valence-corrected chi connectivity index (χ4v) is 1.73. The SMILES string of the molecule is Fc1cc(Br)cc(F)c1Nc1ccccc1. The fourth-order valence-electron chi connectivity index (χ4n) is 1.33. The quantitative estimate of drug-likeness (QED) is 0.857. The van der Waals surface area contributed by atoms with Gasteiger partial charge in [0, 0.05) is 10.2 Å². The molecule has 0 saturated heterocycles. The molecule has 0 fully saturated rings. The minimum absolute atomic E-state index is 0.144. The molecule has 0 spiro atoms. The van der Waals surface area contributed by atoms with Crippen LogP contribution in [0.5, 0.6) is 0 Å². The molecular formula is C12H8BrF2N. The van der Waals surface area contributed by atoms with E-state index in [9.17, 15) is 8.78 Å². The van der Waals surface area contributed by atoms with Crippen molar-refractivity contribution in [2.24, 2.45) is 0 Å². The van der Waals surface area contributed by atoms with E-state index in [2.05, 4.69) is 21.2 Å². The number of rotatable bonds is 2. The van der Waals surface area contributed by atoms with E-state index in [0.29, 0.717) is 10.2 Å². The molecule has 1 N–H and O–H groups in total. The van der Waals surface area contributed by atoms with Crippen molar-refractivity contribution in [3.05, 3.63) is 58.6 Å². The average molecular weight is 284 g/mol. The summed E-state index contributed by atoms with van der Waals surface area (Å²) in [5, 5.41) is 2.70. The maximum Gasteiger partial charge on any atom is 0.150 e. The van der Waals surface area contributed by atoms with Crippen LogP contribution < -0.4 is 5.32 Å². The van der Waals surface area contributed by atoms with Gasteiger partial charge in [0.2, 0.25) is 0 Å². The average Bonchev–Trinajstić information content (AvgIpc) is 2.25. The lowest BCUT2D eigenvalue weighted by Crippen LogP contribution is -1.97. The van der Waals surface area contributed by atoms with Crippen molar-refractivity contribution in [1.82, 2.24) is 0 Å². The first kappa shape index (κ1) is 11.1. The Morgan fingerprint density at radius 1 is 0.938 bits per heavy atom. The summed E-state index contributed by atoms with van der Waals surface area (Å²) >= 11 is 3.02. The standard InChI is InChI=1S/C12H8BrF2N/c13-8-6-10(14)12(11(15)7-8)16-9-4-2-1-3-5-9/h1-7,16H. The number of hydrogen-bond donors (Lipinski definition) is 1. The van der Waals surface area contributed by atoms with Crippen LogP contribution in [0.4, 0.5) is 20.2 Å². The summed E-state index contributed by atoms with van der Waals surface area (Å²) in [6, 6.07) is 11.3. The van der Waals surface area contributed by atoms with Crippen molar-refractivity contribution in [1.29, 1.82) is 0 Å². The summed E-state index contributed by atoms with van der Waals surface area (Å²) in [6.45, 7) is 0. The van der Waals surface area contributed by atoms with E-state index >= 15 is 0 Å². The van der Waals surface area contributed by atoms with Crippen LogP contribution in [-0.4, -0.2) is 0 Å².